The highest BCUT2D eigenvalue weighted by atomic mass is 19.1. The summed E-state index contributed by atoms with van der Waals surface area (Å²) in [6.07, 6.45) is 2.68. The maximum atomic E-state index is 13.9. The van der Waals surface area contributed by atoms with Crippen molar-refractivity contribution < 1.29 is 13.5 Å². The molecule has 0 saturated carbocycles. The van der Waals surface area contributed by atoms with Gasteiger partial charge in [-0.05, 0) is 56.0 Å². The fraction of sp³-hybridized carbons (Fsp3) is 0.571. The number of piperidine rings is 1. The zero-order chi connectivity index (χ0) is 13.0. The van der Waals surface area contributed by atoms with Crippen molar-refractivity contribution in [3.63, 3.8) is 0 Å². The van der Waals surface area contributed by atoms with Gasteiger partial charge in [-0.25, -0.2) is 8.78 Å². The number of benzene rings is 1. The van der Waals surface area contributed by atoms with Crippen LogP contribution in [0.3, 0.4) is 0 Å². The third-order valence-electron chi connectivity index (χ3n) is 3.48. The second-order valence-corrected chi connectivity index (χ2v) is 4.87. The smallest absolute Gasteiger partial charge is 0.129 e. The van der Waals surface area contributed by atoms with Crippen LogP contribution in [-0.4, -0.2) is 20.2 Å². The summed E-state index contributed by atoms with van der Waals surface area (Å²) in [5.74, 6) is -0.238. The normalized spacial score (nSPS) is 17.1. The van der Waals surface area contributed by atoms with E-state index in [9.17, 15) is 8.78 Å². The highest BCUT2D eigenvalue weighted by molar-refractivity contribution is 5.26. The molecule has 0 unspecified atom stereocenters. The van der Waals surface area contributed by atoms with Crippen LogP contribution >= 0.6 is 0 Å². The molecule has 0 bridgehead atoms. The van der Waals surface area contributed by atoms with Crippen molar-refractivity contribution in [1.29, 1.82) is 0 Å². The van der Waals surface area contributed by atoms with Gasteiger partial charge in [-0.15, -0.1) is 0 Å². The SMILES string of the molecule is COCc1cc(F)c(CC2CCNCC2)cc1F. The molecule has 1 aliphatic rings. The first-order valence-electron chi connectivity index (χ1n) is 6.37. The van der Waals surface area contributed by atoms with E-state index in [-0.39, 0.29) is 23.8 Å². The fourth-order valence-electron chi connectivity index (χ4n) is 2.45. The summed E-state index contributed by atoms with van der Waals surface area (Å²) < 4.78 is 32.4. The van der Waals surface area contributed by atoms with Crippen molar-refractivity contribution >= 4 is 0 Å². The summed E-state index contributed by atoms with van der Waals surface area (Å²) in [6, 6.07) is 2.58. The Morgan fingerprint density at radius 2 is 1.78 bits per heavy atom. The Morgan fingerprint density at radius 3 is 2.44 bits per heavy atom. The van der Waals surface area contributed by atoms with E-state index in [4.69, 9.17) is 4.74 Å². The molecule has 1 N–H and O–H groups in total. The number of halogens is 2. The second kappa shape index (κ2) is 6.25. The van der Waals surface area contributed by atoms with Crippen LogP contribution in [0.4, 0.5) is 8.78 Å². The van der Waals surface area contributed by atoms with Gasteiger partial charge in [-0.3, -0.25) is 0 Å². The van der Waals surface area contributed by atoms with Crippen LogP contribution in [0.5, 0.6) is 0 Å². The third kappa shape index (κ3) is 3.27. The Kier molecular flexibility index (Phi) is 4.66. The number of ether oxygens (including phenoxy) is 1. The average molecular weight is 255 g/mol. The zero-order valence-electron chi connectivity index (χ0n) is 10.6. The number of hydrogen-bond donors (Lipinski definition) is 1. The summed E-state index contributed by atoms with van der Waals surface area (Å²) >= 11 is 0. The van der Waals surface area contributed by atoms with Crippen LogP contribution < -0.4 is 5.32 Å². The molecule has 0 amide bonds. The lowest BCUT2D eigenvalue weighted by molar-refractivity contribution is 0.181. The Labute approximate surface area is 106 Å². The van der Waals surface area contributed by atoms with E-state index >= 15 is 0 Å². The van der Waals surface area contributed by atoms with Gasteiger partial charge in [0, 0.05) is 12.7 Å². The molecule has 1 aromatic carbocycles. The van der Waals surface area contributed by atoms with Gasteiger partial charge < -0.3 is 10.1 Å². The van der Waals surface area contributed by atoms with Gasteiger partial charge in [0.1, 0.15) is 11.6 Å². The minimum atomic E-state index is -0.373. The Bertz CT molecular complexity index is 403. The quantitative estimate of drug-likeness (QED) is 0.893. The van der Waals surface area contributed by atoms with Gasteiger partial charge in [-0.2, -0.15) is 0 Å². The highest BCUT2D eigenvalue weighted by Crippen LogP contribution is 2.22. The van der Waals surface area contributed by atoms with E-state index in [1.165, 1.54) is 19.2 Å². The molecule has 0 atom stereocenters. The lowest BCUT2D eigenvalue weighted by Gasteiger charge is -2.22. The molecule has 1 aromatic rings. The minimum Gasteiger partial charge on any atom is -0.380 e. The summed E-state index contributed by atoms with van der Waals surface area (Å²) in [6.45, 7) is 2.05. The lowest BCUT2D eigenvalue weighted by atomic mass is 9.90. The van der Waals surface area contributed by atoms with Crippen LogP contribution in [0.1, 0.15) is 24.0 Å². The fourth-order valence-corrected chi connectivity index (χ4v) is 2.45. The molecule has 0 aromatic heterocycles. The highest BCUT2D eigenvalue weighted by Gasteiger charge is 2.17. The van der Waals surface area contributed by atoms with Gasteiger partial charge >= 0.3 is 0 Å². The molecular weight excluding hydrogens is 236 g/mol. The number of nitrogens with one attached hydrogen (secondary N) is 1. The van der Waals surface area contributed by atoms with Crippen molar-refractivity contribution in [2.24, 2.45) is 5.92 Å². The molecule has 18 heavy (non-hydrogen) atoms. The molecule has 0 aliphatic carbocycles. The third-order valence-corrected chi connectivity index (χ3v) is 3.48. The summed E-state index contributed by atoms with van der Waals surface area (Å²) in [5.41, 5.74) is 0.767. The van der Waals surface area contributed by atoms with Crippen LogP contribution in [-0.2, 0) is 17.8 Å². The van der Waals surface area contributed by atoms with Gasteiger partial charge in [0.25, 0.3) is 0 Å². The van der Waals surface area contributed by atoms with Crippen molar-refractivity contribution in [2.75, 3.05) is 20.2 Å². The number of rotatable bonds is 4. The molecule has 0 radical (unpaired) electrons. The Balaban J connectivity index is 2.10. The molecule has 2 nitrogen and oxygen atoms in total. The van der Waals surface area contributed by atoms with Gasteiger partial charge in [-0.1, -0.05) is 0 Å². The summed E-state index contributed by atoms with van der Waals surface area (Å²) in [4.78, 5) is 0. The first kappa shape index (κ1) is 13.4. The maximum Gasteiger partial charge on any atom is 0.129 e. The van der Waals surface area contributed by atoms with E-state index in [0.29, 0.717) is 17.9 Å². The first-order valence-corrected chi connectivity index (χ1v) is 6.37. The van der Waals surface area contributed by atoms with Crippen LogP contribution in [0.2, 0.25) is 0 Å². The lowest BCUT2D eigenvalue weighted by Crippen LogP contribution is -2.28. The predicted molar refractivity (Wildman–Crippen MR) is 66.4 cm³/mol. The van der Waals surface area contributed by atoms with Crippen LogP contribution in [0, 0.1) is 17.6 Å². The van der Waals surface area contributed by atoms with Gasteiger partial charge in [0.2, 0.25) is 0 Å². The van der Waals surface area contributed by atoms with Crippen molar-refractivity contribution in [3.05, 3.63) is 34.9 Å². The standard InChI is InChI=1S/C14H19F2NO/c1-18-9-12-8-13(15)11(7-14(12)16)6-10-2-4-17-5-3-10/h7-8,10,17H,2-6,9H2,1H3. The van der Waals surface area contributed by atoms with E-state index in [1.807, 2.05) is 0 Å². The number of hydrogen-bond acceptors (Lipinski definition) is 2. The number of methoxy groups -OCH3 is 1. The van der Waals surface area contributed by atoms with Crippen molar-refractivity contribution in [2.45, 2.75) is 25.9 Å². The van der Waals surface area contributed by atoms with Crippen molar-refractivity contribution in [3.8, 4) is 0 Å². The Hall–Kier alpha value is -1.00. The molecule has 1 saturated heterocycles. The first-order chi connectivity index (χ1) is 8.70. The average Bonchev–Trinajstić information content (AvgIpc) is 2.37. The van der Waals surface area contributed by atoms with E-state index in [0.717, 1.165) is 25.9 Å². The predicted octanol–water partition coefficient (Wildman–Crippen LogP) is 2.65. The molecule has 1 fully saturated rings. The van der Waals surface area contributed by atoms with E-state index < -0.39 is 0 Å². The largest absolute Gasteiger partial charge is 0.380 e. The van der Waals surface area contributed by atoms with Crippen molar-refractivity contribution in [1.82, 2.24) is 5.32 Å². The molecule has 2 rings (SSSR count). The second-order valence-electron chi connectivity index (χ2n) is 4.87. The van der Waals surface area contributed by atoms with Crippen LogP contribution in [0.15, 0.2) is 12.1 Å². The van der Waals surface area contributed by atoms with E-state index in [2.05, 4.69) is 5.32 Å². The molecule has 4 heteroatoms. The minimum absolute atomic E-state index is 0.108. The molecular formula is C14H19F2NO. The molecule has 100 valence electrons. The molecule has 1 aliphatic heterocycles. The maximum absolute atomic E-state index is 13.9. The monoisotopic (exact) mass is 255 g/mol. The van der Waals surface area contributed by atoms with Crippen LogP contribution in [0.25, 0.3) is 0 Å². The zero-order valence-corrected chi connectivity index (χ0v) is 10.6. The summed E-state index contributed by atoms with van der Waals surface area (Å²) in [5, 5.41) is 3.27. The van der Waals surface area contributed by atoms with Gasteiger partial charge in [0.15, 0.2) is 0 Å². The summed E-state index contributed by atoms with van der Waals surface area (Å²) in [7, 11) is 1.47. The van der Waals surface area contributed by atoms with E-state index in [1.54, 1.807) is 0 Å². The topological polar surface area (TPSA) is 21.3 Å². The molecule has 1 heterocycles. The van der Waals surface area contributed by atoms with Gasteiger partial charge in [0.05, 0.1) is 6.61 Å². The Morgan fingerprint density at radius 1 is 1.17 bits per heavy atom. The molecule has 0 spiro atoms.